The van der Waals surface area contributed by atoms with Gasteiger partial charge in [0.05, 0.1) is 25.4 Å². The Hall–Kier alpha value is -4.59. The third-order valence-corrected chi connectivity index (χ3v) is 5.47. The van der Waals surface area contributed by atoms with Crippen LogP contribution in [0.4, 0.5) is 0 Å². The molecule has 0 saturated carbocycles. The van der Waals surface area contributed by atoms with Gasteiger partial charge in [0.15, 0.2) is 28.7 Å². The Kier molecular flexibility index (Phi) is 8.43. The maximum atomic E-state index is 12.6. The first-order chi connectivity index (χ1) is 18.4. The van der Waals surface area contributed by atoms with Crippen molar-refractivity contribution in [2.24, 2.45) is 4.99 Å². The van der Waals surface area contributed by atoms with Crippen LogP contribution < -0.4 is 18.9 Å². The van der Waals surface area contributed by atoms with Crippen LogP contribution in [-0.2, 0) is 9.53 Å². The molecule has 0 atom stereocenters. The second-order valence-electron chi connectivity index (χ2n) is 8.26. The standard InChI is InChI=1S/C30H29NO7/c1-5-34-24-15-13-22(18-27(24)36-7-3)28-31-23(30(33)38-28)16-20-10-14-25(26(17-20)35-6-2)37-29(32)21-11-8-19(4)9-12-21/h8-18H,5-7H2,1-4H3/b23-16-. The minimum atomic E-state index is -0.584. The molecule has 38 heavy (non-hydrogen) atoms. The number of aliphatic imine (C=N–C) groups is 1. The number of ether oxygens (including phenoxy) is 5. The lowest BCUT2D eigenvalue weighted by atomic mass is 10.1. The van der Waals surface area contributed by atoms with Crippen LogP contribution in [0.3, 0.4) is 0 Å². The monoisotopic (exact) mass is 515 g/mol. The Morgan fingerprint density at radius 3 is 2.13 bits per heavy atom. The number of aryl methyl sites for hydroxylation is 1. The third kappa shape index (κ3) is 6.21. The van der Waals surface area contributed by atoms with Crippen LogP contribution in [0.5, 0.6) is 23.0 Å². The molecule has 8 heteroatoms. The smallest absolute Gasteiger partial charge is 0.363 e. The Balaban J connectivity index is 1.58. The summed E-state index contributed by atoms with van der Waals surface area (Å²) in [5.41, 5.74) is 2.81. The number of carbonyl (C=O) groups excluding carboxylic acids is 2. The van der Waals surface area contributed by atoms with Gasteiger partial charge in [-0.3, -0.25) is 0 Å². The van der Waals surface area contributed by atoms with Crippen LogP contribution in [0.1, 0.15) is 47.8 Å². The molecular formula is C30H29NO7. The second kappa shape index (κ2) is 12.1. The molecule has 3 aromatic rings. The molecule has 0 saturated heterocycles. The first kappa shape index (κ1) is 26.5. The molecule has 3 aromatic carbocycles. The SMILES string of the molecule is CCOc1ccc(C2=N/C(=C\c3ccc(OC(=O)c4ccc(C)cc4)c(OCC)c3)C(=O)O2)cc1OCC. The van der Waals surface area contributed by atoms with Crippen molar-refractivity contribution in [2.45, 2.75) is 27.7 Å². The van der Waals surface area contributed by atoms with E-state index in [4.69, 9.17) is 23.7 Å². The minimum Gasteiger partial charge on any atom is -0.490 e. The van der Waals surface area contributed by atoms with Crippen LogP contribution in [0.15, 0.2) is 71.4 Å². The van der Waals surface area contributed by atoms with Crippen molar-refractivity contribution < 1.29 is 33.3 Å². The highest BCUT2D eigenvalue weighted by atomic mass is 16.6. The maximum absolute atomic E-state index is 12.6. The summed E-state index contributed by atoms with van der Waals surface area (Å²) in [7, 11) is 0. The highest BCUT2D eigenvalue weighted by Crippen LogP contribution is 2.32. The van der Waals surface area contributed by atoms with Crippen LogP contribution in [0.25, 0.3) is 6.08 Å². The molecular weight excluding hydrogens is 486 g/mol. The van der Waals surface area contributed by atoms with E-state index >= 15 is 0 Å². The average Bonchev–Trinajstić information content (AvgIpc) is 3.27. The van der Waals surface area contributed by atoms with E-state index in [0.29, 0.717) is 53.8 Å². The van der Waals surface area contributed by atoms with Gasteiger partial charge in [0.2, 0.25) is 5.90 Å². The zero-order valence-corrected chi connectivity index (χ0v) is 21.8. The molecule has 0 N–H and O–H groups in total. The lowest BCUT2D eigenvalue weighted by Crippen LogP contribution is -2.09. The molecule has 1 aliphatic heterocycles. The summed E-state index contributed by atoms with van der Waals surface area (Å²) in [6.07, 6.45) is 1.58. The second-order valence-corrected chi connectivity index (χ2v) is 8.26. The fourth-order valence-corrected chi connectivity index (χ4v) is 3.69. The predicted molar refractivity (Wildman–Crippen MR) is 143 cm³/mol. The van der Waals surface area contributed by atoms with Gasteiger partial charge in [-0.15, -0.1) is 0 Å². The maximum Gasteiger partial charge on any atom is 0.363 e. The van der Waals surface area contributed by atoms with Crippen LogP contribution in [-0.4, -0.2) is 37.7 Å². The zero-order valence-electron chi connectivity index (χ0n) is 21.8. The van der Waals surface area contributed by atoms with Gasteiger partial charge in [-0.2, -0.15) is 0 Å². The molecule has 0 unspecified atom stereocenters. The van der Waals surface area contributed by atoms with Gasteiger partial charge in [-0.1, -0.05) is 23.8 Å². The lowest BCUT2D eigenvalue weighted by Gasteiger charge is -2.11. The topological polar surface area (TPSA) is 92.7 Å². The molecule has 1 aliphatic rings. The van der Waals surface area contributed by atoms with Crippen molar-refractivity contribution in [3.63, 3.8) is 0 Å². The van der Waals surface area contributed by atoms with E-state index in [-0.39, 0.29) is 17.3 Å². The average molecular weight is 516 g/mol. The van der Waals surface area contributed by atoms with Gasteiger partial charge in [-0.25, -0.2) is 14.6 Å². The van der Waals surface area contributed by atoms with Crippen molar-refractivity contribution in [3.05, 3.63) is 88.6 Å². The quantitative estimate of drug-likeness (QED) is 0.193. The van der Waals surface area contributed by atoms with Crippen molar-refractivity contribution >= 4 is 23.9 Å². The van der Waals surface area contributed by atoms with E-state index in [9.17, 15) is 9.59 Å². The van der Waals surface area contributed by atoms with Gasteiger partial charge < -0.3 is 23.7 Å². The van der Waals surface area contributed by atoms with E-state index in [2.05, 4.69) is 4.99 Å². The van der Waals surface area contributed by atoms with E-state index in [0.717, 1.165) is 5.56 Å². The molecule has 1 heterocycles. The highest BCUT2D eigenvalue weighted by molar-refractivity contribution is 6.13. The molecule has 0 amide bonds. The van der Waals surface area contributed by atoms with Gasteiger partial charge in [-0.05, 0) is 81.8 Å². The molecule has 0 fully saturated rings. The van der Waals surface area contributed by atoms with Gasteiger partial charge >= 0.3 is 11.9 Å². The Morgan fingerprint density at radius 1 is 0.816 bits per heavy atom. The summed E-state index contributed by atoms with van der Waals surface area (Å²) >= 11 is 0. The van der Waals surface area contributed by atoms with Gasteiger partial charge in [0.1, 0.15) is 0 Å². The summed E-state index contributed by atoms with van der Waals surface area (Å²) in [6, 6.07) is 17.4. The number of rotatable bonds is 10. The van der Waals surface area contributed by atoms with Gasteiger partial charge in [0.25, 0.3) is 0 Å². The van der Waals surface area contributed by atoms with E-state index in [1.807, 2.05) is 39.8 Å². The van der Waals surface area contributed by atoms with Crippen molar-refractivity contribution in [1.82, 2.24) is 0 Å². The zero-order chi connectivity index (χ0) is 27.1. The molecule has 0 aliphatic carbocycles. The summed E-state index contributed by atoms with van der Waals surface area (Å²) in [5, 5.41) is 0. The Morgan fingerprint density at radius 2 is 1.45 bits per heavy atom. The normalized spacial score (nSPS) is 13.6. The first-order valence-electron chi connectivity index (χ1n) is 12.4. The van der Waals surface area contributed by atoms with Crippen LogP contribution in [0, 0.1) is 6.92 Å². The number of cyclic esters (lactones) is 1. The third-order valence-electron chi connectivity index (χ3n) is 5.47. The summed E-state index contributed by atoms with van der Waals surface area (Å²) < 4.78 is 28.0. The molecule has 8 nitrogen and oxygen atoms in total. The lowest BCUT2D eigenvalue weighted by molar-refractivity contribution is -0.129. The number of carbonyl (C=O) groups is 2. The Bertz CT molecular complexity index is 1390. The van der Waals surface area contributed by atoms with Crippen molar-refractivity contribution in [3.8, 4) is 23.0 Å². The molecule has 0 radical (unpaired) electrons. The molecule has 0 aromatic heterocycles. The Labute approximate surface area is 221 Å². The van der Waals surface area contributed by atoms with E-state index < -0.39 is 11.9 Å². The van der Waals surface area contributed by atoms with Gasteiger partial charge in [0, 0.05) is 5.56 Å². The predicted octanol–water partition coefficient (Wildman–Crippen LogP) is 5.75. The van der Waals surface area contributed by atoms with E-state index in [1.54, 1.807) is 54.6 Å². The first-order valence-corrected chi connectivity index (χ1v) is 12.4. The van der Waals surface area contributed by atoms with Crippen molar-refractivity contribution in [2.75, 3.05) is 19.8 Å². The van der Waals surface area contributed by atoms with Crippen LogP contribution in [0.2, 0.25) is 0 Å². The molecule has 0 bridgehead atoms. The van der Waals surface area contributed by atoms with E-state index in [1.165, 1.54) is 0 Å². The number of nitrogens with zero attached hydrogens (tertiary/aromatic N) is 1. The number of esters is 2. The number of benzene rings is 3. The fraction of sp³-hybridized carbons (Fsp3) is 0.233. The van der Waals surface area contributed by atoms with Crippen molar-refractivity contribution in [1.29, 1.82) is 0 Å². The highest BCUT2D eigenvalue weighted by Gasteiger charge is 2.25. The molecule has 4 rings (SSSR count). The largest absolute Gasteiger partial charge is 0.490 e. The number of hydrogen-bond donors (Lipinski definition) is 0. The molecule has 196 valence electrons. The summed E-state index contributed by atoms with van der Waals surface area (Å²) in [5.74, 6) is 0.873. The minimum absolute atomic E-state index is 0.124. The fourth-order valence-electron chi connectivity index (χ4n) is 3.69. The van der Waals surface area contributed by atoms with Crippen LogP contribution >= 0.6 is 0 Å². The summed E-state index contributed by atoms with van der Waals surface area (Å²) in [4.78, 5) is 29.6. The number of hydrogen-bond acceptors (Lipinski definition) is 8. The molecule has 0 spiro atoms. The summed E-state index contributed by atoms with van der Waals surface area (Å²) in [6.45, 7) is 8.85.